The van der Waals surface area contributed by atoms with Crippen LogP contribution >= 0.6 is 11.5 Å². The number of benzene rings is 1. The van der Waals surface area contributed by atoms with Crippen LogP contribution in [0.4, 0.5) is 0 Å². The summed E-state index contributed by atoms with van der Waals surface area (Å²) < 4.78 is 40.9. The molecular formula is C16H22N4O4S2. The van der Waals surface area contributed by atoms with Crippen LogP contribution in [0.5, 0.6) is 11.5 Å². The standard InChI is InChI=1S/C16H22N4O4S2/c1-23-14-8-12-4-7-20(10-13(12)9-15(14)24-2)6-3-5-17-26(21,22)16-11-25-19-18-16/h8-9,11,17H,3-7,10H2,1-2H3. The first-order chi connectivity index (χ1) is 12.5. The van der Waals surface area contributed by atoms with Crippen LogP contribution in [-0.4, -0.2) is 56.8 Å². The number of hydrogen-bond acceptors (Lipinski definition) is 8. The summed E-state index contributed by atoms with van der Waals surface area (Å²) >= 11 is 1.02. The minimum atomic E-state index is -3.55. The number of nitrogens with zero attached hydrogens (tertiary/aromatic N) is 3. The number of aromatic nitrogens is 2. The molecule has 0 unspecified atom stereocenters. The Morgan fingerprint density at radius 3 is 2.62 bits per heavy atom. The third kappa shape index (κ3) is 4.32. The van der Waals surface area contributed by atoms with E-state index in [1.54, 1.807) is 14.2 Å². The van der Waals surface area contributed by atoms with Gasteiger partial charge in [0.25, 0.3) is 10.0 Å². The lowest BCUT2D eigenvalue weighted by Gasteiger charge is -2.29. The lowest BCUT2D eigenvalue weighted by molar-refractivity contribution is 0.250. The highest BCUT2D eigenvalue weighted by Crippen LogP contribution is 2.33. The van der Waals surface area contributed by atoms with Crippen LogP contribution in [0.2, 0.25) is 0 Å². The summed E-state index contributed by atoms with van der Waals surface area (Å²) in [5, 5.41) is 5.00. The van der Waals surface area contributed by atoms with Gasteiger partial charge in [-0.1, -0.05) is 4.49 Å². The molecule has 0 atom stereocenters. The van der Waals surface area contributed by atoms with Crippen LogP contribution in [0.1, 0.15) is 17.5 Å². The van der Waals surface area contributed by atoms with Crippen molar-refractivity contribution in [3.8, 4) is 11.5 Å². The van der Waals surface area contributed by atoms with Gasteiger partial charge in [0.2, 0.25) is 5.03 Å². The minimum absolute atomic E-state index is 0.0181. The van der Waals surface area contributed by atoms with Crippen molar-refractivity contribution in [1.82, 2.24) is 19.2 Å². The molecule has 0 spiro atoms. The topological polar surface area (TPSA) is 93.7 Å². The zero-order chi connectivity index (χ0) is 18.6. The van der Waals surface area contributed by atoms with Gasteiger partial charge in [-0.05, 0) is 54.2 Å². The largest absolute Gasteiger partial charge is 0.493 e. The number of rotatable bonds is 8. The molecule has 1 aliphatic rings. The van der Waals surface area contributed by atoms with Crippen molar-refractivity contribution in [2.75, 3.05) is 33.9 Å². The van der Waals surface area contributed by atoms with Crippen molar-refractivity contribution in [3.63, 3.8) is 0 Å². The maximum Gasteiger partial charge on any atom is 0.260 e. The highest BCUT2D eigenvalue weighted by molar-refractivity contribution is 7.89. The molecular weight excluding hydrogens is 376 g/mol. The van der Waals surface area contributed by atoms with Crippen LogP contribution in [-0.2, 0) is 23.0 Å². The summed E-state index contributed by atoms with van der Waals surface area (Å²) in [6.45, 7) is 2.93. The highest BCUT2D eigenvalue weighted by Gasteiger charge is 2.20. The number of fused-ring (bicyclic) bond motifs is 1. The van der Waals surface area contributed by atoms with Crippen LogP contribution in [0.15, 0.2) is 22.5 Å². The van der Waals surface area contributed by atoms with E-state index in [-0.39, 0.29) is 5.03 Å². The molecule has 0 bridgehead atoms. The van der Waals surface area contributed by atoms with Crippen molar-refractivity contribution >= 4 is 21.6 Å². The van der Waals surface area contributed by atoms with Crippen LogP contribution in [0.3, 0.4) is 0 Å². The van der Waals surface area contributed by atoms with Crippen molar-refractivity contribution in [1.29, 1.82) is 0 Å². The maximum absolute atomic E-state index is 12.0. The number of ether oxygens (including phenoxy) is 2. The van der Waals surface area contributed by atoms with Gasteiger partial charge in [0.15, 0.2) is 11.5 Å². The lowest BCUT2D eigenvalue weighted by atomic mass is 9.98. The summed E-state index contributed by atoms with van der Waals surface area (Å²) in [6.07, 6.45) is 1.66. The molecule has 8 nitrogen and oxygen atoms in total. The van der Waals surface area contributed by atoms with E-state index in [4.69, 9.17) is 9.47 Å². The number of nitrogens with one attached hydrogen (secondary N) is 1. The van der Waals surface area contributed by atoms with Crippen molar-refractivity contribution < 1.29 is 17.9 Å². The van der Waals surface area contributed by atoms with Crippen LogP contribution in [0.25, 0.3) is 0 Å². The van der Waals surface area contributed by atoms with Crippen molar-refractivity contribution in [2.45, 2.75) is 24.4 Å². The molecule has 10 heteroatoms. The molecule has 0 amide bonds. The van der Waals surface area contributed by atoms with Gasteiger partial charge >= 0.3 is 0 Å². The molecule has 142 valence electrons. The van der Waals surface area contributed by atoms with Crippen LogP contribution in [0, 0.1) is 0 Å². The molecule has 26 heavy (non-hydrogen) atoms. The van der Waals surface area contributed by atoms with Crippen LogP contribution < -0.4 is 14.2 Å². The van der Waals surface area contributed by atoms with E-state index in [0.29, 0.717) is 6.54 Å². The summed E-state index contributed by atoms with van der Waals surface area (Å²) in [4.78, 5) is 2.31. The molecule has 1 aromatic heterocycles. The predicted octanol–water partition coefficient (Wildman–Crippen LogP) is 1.28. The van der Waals surface area contributed by atoms with Crippen molar-refractivity contribution in [2.24, 2.45) is 0 Å². The Morgan fingerprint density at radius 2 is 1.96 bits per heavy atom. The first-order valence-corrected chi connectivity index (χ1v) is 10.6. The van der Waals surface area contributed by atoms with Gasteiger partial charge in [-0.15, -0.1) is 5.10 Å². The van der Waals surface area contributed by atoms with E-state index >= 15 is 0 Å². The minimum Gasteiger partial charge on any atom is -0.493 e. The van der Waals surface area contributed by atoms with E-state index in [1.165, 1.54) is 16.5 Å². The zero-order valence-corrected chi connectivity index (χ0v) is 16.4. The second-order valence-electron chi connectivity index (χ2n) is 6.00. The molecule has 0 fully saturated rings. The molecule has 3 rings (SSSR count). The Kier molecular flexibility index (Phi) is 6.07. The van der Waals surface area contributed by atoms with Gasteiger partial charge in [-0.25, -0.2) is 13.1 Å². The molecule has 1 aromatic carbocycles. The number of sulfonamides is 1. The number of hydrogen-bond donors (Lipinski definition) is 1. The highest BCUT2D eigenvalue weighted by atomic mass is 32.2. The second-order valence-corrected chi connectivity index (χ2v) is 8.32. The fraction of sp³-hybridized carbons (Fsp3) is 0.500. The quantitative estimate of drug-likeness (QED) is 0.670. The third-order valence-corrected chi connectivity index (χ3v) is 6.34. The monoisotopic (exact) mass is 398 g/mol. The normalized spacial score (nSPS) is 14.8. The summed E-state index contributed by atoms with van der Waals surface area (Å²) in [5.41, 5.74) is 2.50. The summed E-state index contributed by atoms with van der Waals surface area (Å²) in [6, 6.07) is 4.07. The molecule has 0 aliphatic carbocycles. The van der Waals surface area contributed by atoms with Gasteiger partial charge in [-0.3, -0.25) is 4.90 Å². The third-order valence-electron chi connectivity index (χ3n) is 4.36. The average Bonchev–Trinajstić information content (AvgIpc) is 3.19. The van der Waals surface area contributed by atoms with E-state index in [9.17, 15) is 8.42 Å². The summed E-state index contributed by atoms with van der Waals surface area (Å²) in [5.74, 6) is 1.49. The summed E-state index contributed by atoms with van der Waals surface area (Å²) in [7, 11) is -0.273. The Bertz CT molecular complexity index is 840. The Labute approximate surface area is 157 Å². The van der Waals surface area contributed by atoms with Gasteiger partial charge in [-0.2, -0.15) is 0 Å². The zero-order valence-electron chi connectivity index (χ0n) is 14.8. The maximum atomic E-state index is 12.0. The Balaban J connectivity index is 1.52. The van der Waals surface area contributed by atoms with Gasteiger partial charge in [0.05, 0.1) is 19.6 Å². The molecule has 1 aliphatic heterocycles. The van der Waals surface area contributed by atoms with E-state index in [1.807, 2.05) is 12.1 Å². The van der Waals surface area contributed by atoms with E-state index in [2.05, 4.69) is 19.2 Å². The molecule has 2 heterocycles. The molecule has 2 aromatic rings. The smallest absolute Gasteiger partial charge is 0.260 e. The fourth-order valence-electron chi connectivity index (χ4n) is 2.99. The molecule has 1 N–H and O–H groups in total. The molecule has 0 saturated carbocycles. The SMILES string of the molecule is COc1cc2c(cc1OC)CN(CCCNS(=O)(=O)c1csnn1)CC2. The fourth-order valence-corrected chi connectivity index (χ4v) is 4.71. The molecule has 0 radical (unpaired) electrons. The lowest BCUT2D eigenvalue weighted by Crippen LogP contribution is -2.34. The molecule has 0 saturated heterocycles. The van der Waals surface area contributed by atoms with Crippen molar-refractivity contribution in [3.05, 3.63) is 28.6 Å². The Hall–Kier alpha value is -1.75. The predicted molar refractivity (Wildman–Crippen MR) is 98.2 cm³/mol. The average molecular weight is 399 g/mol. The number of methoxy groups -OCH3 is 2. The van der Waals surface area contributed by atoms with Gasteiger partial charge in [0, 0.05) is 19.6 Å². The van der Waals surface area contributed by atoms with Gasteiger partial charge in [0.1, 0.15) is 0 Å². The first kappa shape index (κ1) is 19.0. The Morgan fingerprint density at radius 1 is 1.23 bits per heavy atom. The van der Waals surface area contributed by atoms with E-state index < -0.39 is 10.0 Å². The van der Waals surface area contributed by atoms with Gasteiger partial charge < -0.3 is 9.47 Å². The van der Waals surface area contributed by atoms with E-state index in [0.717, 1.165) is 55.5 Å². The second kappa shape index (κ2) is 8.30. The first-order valence-electron chi connectivity index (χ1n) is 8.26.